The maximum atomic E-state index is 11.6. The average Bonchev–Trinajstić information content (AvgIpc) is 1.52. The number of rotatable bonds is 3. The second kappa shape index (κ2) is 30.0. The third kappa shape index (κ3) is 11.6. The van der Waals surface area contributed by atoms with Crippen LogP contribution in [0.1, 0.15) is 15.2 Å². The second-order valence-electron chi connectivity index (χ2n) is 35.3. The van der Waals surface area contributed by atoms with Crippen molar-refractivity contribution in [2.45, 2.75) is 6.85 Å². The first kappa shape index (κ1) is 72.4. The maximum absolute atomic E-state index is 11.6. The summed E-state index contributed by atoms with van der Waals surface area (Å²) in [6.45, 7) is -2.34. The molecule has 0 atom stereocenters. The molecule has 0 radical (unpaired) electrons. The molecular weight excluding hydrogens is 1610 g/mol. The highest BCUT2D eigenvalue weighted by atomic mass is 15.2. The molecule has 0 aliphatic heterocycles. The molecule has 0 spiro atoms. The Hall–Kier alpha value is -17.6. The predicted molar refractivity (Wildman–Crippen MR) is 567 cm³/mol. The van der Waals surface area contributed by atoms with Crippen molar-refractivity contribution in [2.24, 2.45) is 0 Å². The summed E-state index contributed by atoms with van der Waals surface area (Å²) in [5.41, 5.74) is 17.0. The zero-order chi connectivity index (χ0) is 90.1. The Balaban J connectivity index is 0.000000185. The van der Waals surface area contributed by atoms with Gasteiger partial charge in [0, 0.05) is 20.9 Å². The Kier molecular flexibility index (Phi) is 16.3. The zero-order valence-corrected chi connectivity index (χ0v) is 72.1. The van der Waals surface area contributed by atoms with Gasteiger partial charge in [-0.25, -0.2) is 4.98 Å². The molecule has 133 heavy (non-hydrogen) atoms. The number of imidazole rings is 2. The van der Waals surface area contributed by atoms with Crippen LogP contribution in [-0.4, -0.2) is 14.0 Å². The number of hydrogen-bond acceptors (Lipinski definition) is 2. The SMILES string of the molecule is [2H]C([2H])([2H])c1cccc2c1nc1n(-c3ccc4c(c3)-c3ccccc3-c3ccccc3-c3cc(-c5cccc(-c6ccc7c8ccccc8c8cc9c%10ccccc%10c%10ccccc%10c%10ccccc%10c9cc8c8ccccc8c7c6)c5C#N)ccc3-4)c3ccccc3n21.c1ccc2c(c1)c1ccccc1c1cc3c4ccccc4c4ccccc4c4ccccc4c3cc1c1ccccc21. The quantitative estimate of drug-likeness (QED) is 0.177. The van der Waals surface area contributed by atoms with Crippen molar-refractivity contribution >= 4 is 200 Å². The molecule has 4 nitrogen and oxygen atoms in total. The summed E-state index contributed by atoms with van der Waals surface area (Å²) < 4.78 is 29.6. The molecule has 0 unspecified atom stereocenters. The van der Waals surface area contributed by atoms with Crippen LogP contribution >= 0.6 is 0 Å². The highest BCUT2D eigenvalue weighted by Crippen LogP contribution is 2.52. The first-order valence-electron chi connectivity index (χ1n) is 47.1. The Labute approximate surface area is 769 Å². The number of aromatic nitrogens is 3. The van der Waals surface area contributed by atoms with Crippen molar-refractivity contribution in [3.05, 3.63) is 466 Å². The molecule has 0 amide bonds. The Bertz CT molecular complexity index is 9810. The van der Waals surface area contributed by atoms with Gasteiger partial charge in [0.05, 0.1) is 27.6 Å². The number of nitrogens with zero attached hydrogens (tertiary/aromatic N) is 4. The average molecular weight is 1690 g/mol. The van der Waals surface area contributed by atoms with Gasteiger partial charge >= 0.3 is 0 Å². The molecule has 0 bridgehead atoms. The minimum Gasteiger partial charge on any atom is -0.278 e. The van der Waals surface area contributed by atoms with E-state index in [0.717, 1.165) is 127 Å². The van der Waals surface area contributed by atoms with Crippen LogP contribution in [0, 0.1) is 18.2 Å². The lowest BCUT2D eigenvalue weighted by Crippen LogP contribution is -2.01. The van der Waals surface area contributed by atoms with Gasteiger partial charge in [0.2, 0.25) is 5.78 Å². The molecule has 614 valence electrons. The summed E-state index contributed by atoms with van der Waals surface area (Å²) in [5.74, 6) is 0.634. The van der Waals surface area contributed by atoms with E-state index in [9.17, 15) is 5.26 Å². The zero-order valence-electron chi connectivity index (χ0n) is 75.1. The lowest BCUT2D eigenvalue weighted by molar-refractivity contribution is 1.11. The highest BCUT2D eigenvalue weighted by Gasteiger charge is 2.28. The van der Waals surface area contributed by atoms with Gasteiger partial charge in [-0.1, -0.05) is 388 Å². The van der Waals surface area contributed by atoms with Crippen LogP contribution in [0.25, 0.3) is 273 Å². The summed E-state index contributed by atoms with van der Waals surface area (Å²) >= 11 is 0. The first-order chi connectivity index (χ1) is 67.1. The van der Waals surface area contributed by atoms with E-state index in [-0.39, 0.29) is 5.56 Å². The van der Waals surface area contributed by atoms with Crippen LogP contribution in [0.4, 0.5) is 0 Å². The van der Waals surface area contributed by atoms with Crippen molar-refractivity contribution in [2.75, 3.05) is 0 Å². The third-order valence-electron chi connectivity index (χ3n) is 28.5. The molecule has 2 heterocycles. The van der Waals surface area contributed by atoms with E-state index in [1.165, 1.54) is 135 Å². The standard InChI is InChI=1S/C87H52N4.C42H26/c1-52-20-18-39-85-86(52)89-87-90(83-37-16-17-38-84(83)91(85)87)55-42-45-74-73-44-41-54(46-75(73)65-28-9-4-25-62(65)63-26-5-10-29-66(63)77(74)48-55)57-36-19-35-56(82(57)51-88)53-40-43-72-64-27-8-13-32-69(64)80-49-78-67-30-11-6-23-60(67)58-21-2-3-22-59(58)61-24-7-12-31-68(61)79(78)50-81(80)71-34-15-14-33-70(71)76(72)47-53;1-2-14-28-27(13-1)31-17-5-9-21-35(31)39-25-41-37-23-11-7-19-33(37)29-15-3-4-16-30(29)34-20-8-12-24-38(34)42(41)26-40(39)36-22-10-6-18-32(28)36/h2-50H,1H3;1-26H/i1D3;. The summed E-state index contributed by atoms with van der Waals surface area (Å²) in [6.07, 6.45) is 0. The van der Waals surface area contributed by atoms with Crippen LogP contribution in [0.2, 0.25) is 0 Å². The summed E-state index contributed by atoms with van der Waals surface area (Å²) in [5, 5.41) is 50.8. The van der Waals surface area contributed by atoms with Gasteiger partial charge in [0.1, 0.15) is 6.07 Å². The van der Waals surface area contributed by atoms with Crippen molar-refractivity contribution in [1.82, 2.24) is 14.0 Å². The van der Waals surface area contributed by atoms with Gasteiger partial charge in [0.15, 0.2) is 0 Å². The Morgan fingerprint density at radius 1 is 0.203 bits per heavy atom. The summed E-state index contributed by atoms with van der Waals surface area (Å²) in [4.78, 5) is 5.16. The molecule has 1 aliphatic carbocycles. The molecule has 0 N–H and O–H groups in total. The lowest BCUT2D eigenvalue weighted by Gasteiger charge is -2.24. The fourth-order valence-corrected chi connectivity index (χ4v) is 22.7. The van der Waals surface area contributed by atoms with Crippen molar-refractivity contribution in [1.29, 1.82) is 5.26 Å². The van der Waals surface area contributed by atoms with Crippen LogP contribution < -0.4 is 0 Å². The molecule has 25 aromatic carbocycles. The molecule has 0 saturated heterocycles. The van der Waals surface area contributed by atoms with Gasteiger partial charge in [-0.15, -0.1) is 0 Å². The summed E-state index contributed by atoms with van der Waals surface area (Å²) in [7, 11) is 0. The minimum absolute atomic E-state index is 0.226. The van der Waals surface area contributed by atoms with Gasteiger partial charge in [-0.3, -0.25) is 8.97 Å². The van der Waals surface area contributed by atoms with E-state index in [1.807, 2.05) is 24.3 Å². The van der Waals surface area contributed by atoms with Crippen molar-refractivity contribution in [3.8, 4) is 78.5 Å². The van der Waals surface area contributed by atoms with Gasteiger partial charge in [0.25, 0.3) is 0 Å². The maximum Gasteiger partial charge on any atom is 0.220 e. The monoisotopic (exact) mass is 1690 g/mol. The third-order valence-corrected chi connectivity index (χ3v) is 28.5. The molecular formula is C129H78N4. The fourth-order valence-electron chi connectivity index (χ4n) is 22.7. The molecule has 27 aromatic rings. The molecule has 0 saturated carbocycles. The topological polar surface area (TPSA) is 46.0 Å². The lowest BCUT2D eigenvalue weighted by atomic mass is 9.79. The van der Waals surface area contributed by atoms with Crippen molar-refractivity contribution in [3.63, 3.8) is 0 Å². The van der Waals surface area contributed by atoms with Crippen molar-refractivity contribution < 1.29 is 4.11 Å². The molecule has 4 heteroatoms. The number of nitriles is 1. The van der Waals surface area contributed by atoms with E-state index in [4.69, 9.17) is 9.10 Å². The Morgan fingerprint density at radius 3 is 0.797 bits per heavy atom. The van der Waals surface area contributed by atoms with E-state index in [2.05, 4.69) is 440 Å². The second-order valence-corrected chi connectivity index (χ2v) is 35.3. The number of benzene rings is 21. The van der Waals surface area contributed by atoms with Crippen LogP contribution in [-0.2, 0) is 0 Å². The predicted octanol–water partition coefficient (Wildman–Crippen LogP) is 35.3. The van der Waals surface area contributed by atoms with Gasteiger partial charge < -0.3 is 0 Å². The Morgan fingerprint density at radius 2 is 0.451 bits per heavy atom. The fraction of sp³-hybridized carbons (Fsp3) is 0.00775. The largest absolute Gasteiger partial charge is 0.278 e. The smallest absolute Gasteiger partial charge is 0.220 e. The number of hydrogen-bond donors (Lipinski definition) is 0. The first-order valence-corrected chi connectivity index (χ1v) is 45.6. The van der Waals surface area contributed by atoms with E-state index in [0.29, 0.717) is 16.9 Å². The molecule has 2 aromatic heterocycles. The van der Waals surface area contributed by atoms with E-state index in [1.54, 1.807) is 6.07 Å². The normalized spacial score (nSPS) is 12.4. The highest BCUT2D eigenvalue weighted by molar-refractivity contribution is 6.35. The number of para-hydroxylation sites is 3. The van der Waals surface area contributed by atoms with Crippen LogP contribution in [0.3, 0.4) is 0 Å². The molecule has 28 rings (SSSR count). The minimum atomic E-state index is -2.34. The van der Waals surface area contributed by atoms with Crippen LogP contribution in [0.15, 0.2) is 455 Å². The molecule has 1 aliphatic rings. The number of fused-ring (bicyclic) bond motifs is 45. The van der Waals surface area contributed by atoms with E-state index >= 15 is 0 Å². The van der Waals surface area contributed by atoms with Gasteiger partial charge in [-0.2, -0.15) is 5.26 Å². The van der Waals surface area contributed by atoms with E-state index < -0.39 is 6.85 Å². The van der Waals surface area contributed by atoms with Crippen LogP contribution in [0.5, 0.6) is 0 Å². The summed E-state index contributed by atoms with van der Waals surface area (Å²) in [6, 6.07) is 168. The molecule has 0 fully saturated rings. The number of aryl methyl sites for hydroxylation is 1. The van der Waals surface area contributed by atoms with Gasteiger partial charge in [-0.05, 0) is 307 Å².